The number of unbranched alkanes of at least 4 members (excludes halogenated alkanes) is 4. The van der Waals surface area contributed by atoms with Gasteiger partial charge in [-0.05, 0) is 56.6 Å². The number of likely N-dealkylation sites (tertiary alicyclic amines) is 1. The number of hydrogen-bond donors (Lipinski definition) is 9. The van der Waals surface area contributed by atoms with Gasteiger partial charge in [0, 0.05) is 25.9 Å². The molecule has 2 aliphatic heterocycles. The van der Waals surface area contributed by atoms with Crippen molar-refractivity contribution < 1.29 is 48.6 Å². The van der Waals surface area contributed by atoms with Crippen LogP contribution in [0.25, 0.3) is 0 Å². The molecule has 0 radical (unpaired) electrons. The van der Waals surface area contributed by atoms with Gasteiger partial charge in [-0.2, -0.15) is 0 Å². The zero-order valence-electron chi connectivity index (χ0n) is 35.7. The molecule has 0 unspecified atom stereocenters. The molecule has 0 spiro atoms. The lowest BCUT2D eigenvalue weighted by molar-refractivity contribution is -0.154. The molecule has 8 amide bonds. The van der Waals surface area contributed by atoms with Crippen molar-refractivity contribution in [2.24, 2.45) is 17.4 Å². The number of nitrogens with one attached hydrogen (secondary N) is 5. The number of benzene rings is 1. The lowest BCUT2D eigenvalue weighted by Gasteiger charge is -2.33. The highest BCUT2D eigenvalue weighted by atomic mass is 16.3. The highest BCUT2D eigenvalue weighted by molar-refractivity contribution is 6.04. The first-order valence-electron chi connectivity index (χ1n) is 21.5. The lowest BCUT2D eigenvalue weighted by Crippen LogP contribution is -2.63. The van der Waals surface area contributed by atoms with Crippen molar-refractivity contribution in [3.05, 3.63) is 35.9 Å². The molecule has 61 heavy (non-hydrogen) atoms. The van der Waals surface area contributed by atoms with Crippen LogP contribution < -0.4 is 38.1 Å². The van der Waals surface area contributed by atoms with E-state index in [0.29, 0.717) is 49.1 Å². The van der Waals surface area contributed by atoms with Crippen LogP contribution in [0.2, 0.25) is 0 Å². The average Bonchev–Trinajstić information content (AvgIpc) is 3.97. The number of hydrogen-bond acceptors (Lipinski definition) is 12. The summed E-state index contributed by atoms with van der Waals surface area (Å²) in [6.45, 7) is 4.20. The Bertz CT molecular complexity index is 1640. The molecular formula is C42H67N9O10. The van der Waals surface area contributed by atoms with Gasteiger partial charge in [-0.25, -0.2) is 0 Å². The molecule has 19 heteroatoms. The van der Waals surface area contributed by atoms with Crippen LogP contribution >= 0.6 is 0 Å². The lowest BCUT2D eigenvalue weighted by atomic mass is 10.00. The van der Waals surface area contributed by atoms with Crippen molar-refractivity contribution in [2.45, 2.75) is 140 Å². The van der Waals surface area contributed by atoms with Crippen molar-refractivity contribution in [1.82, 2.24) is 36.4 Å². The van der Waals surface area contributed by atoms with Gasteiger partial charge >= 0.3 is 0 Å². The largest absolute Gasteiger partial charge is 0.394 e. The summed E-state index contributed by atoms with van der Waals surface area (Å²) < 4.78 is 0. The fourth-order valence-electron chi connectivity index (χ4n) is 7.60. The number of rotatable bonds is 25. The van der Waals surface area contributed by atoms with Crippen molar-refractivity contribution in [3.63, 3.8) is 0 Å². The molecule has 1 aromatic rings. The van der Waals surface area contributed by atoms with Crippen molar-refractivity contribution in [3.8, 4) is 0 Å². The van der Waals surface area contributed by atoms with Crippen molar-refractivity contribution in [2.75, 3.05) is 32.8 Å². The number of imide groups is 1. The number of nitrogens with two attached hydrogens (primary N) is 2. The molecule has 2 fully saturated rings. The maximum Gasteiger partial charge on any atom is 0.254 e. The van der Waals surface area contributed by atoms with E-state index < -0.39 is 109 Å². The minimum Gasteiger partial charge on any atom is -0.394 e. The summed E-state index contributed by atoms with van der Waals surface area (Å²) in [6, 6.07) is -0.220. The van der Waals surface area contributed by atoms with Crippen LogP contribution in [-0.4, -0.2) is 142 Å². The van der Waals surface area contributed by atoms with E-state index in [9.17, 15) is 48.6 Å². The van der Waals surface area contributed by atoms with Crippen LogP contribution in [0, 0.1) is 5.92 Å². The Hall–Kier alpha value is -4.98. The van der Waals surface area contributed by atoms with Crippen LogP contribution in [0.4, 0.5) is 0 Å². The normalized spacial score (nSPS) is 18.6. The van der Waals surface area contributed by atoms with Crippen LogP contribution in [0.5, 0.6) is 0 Å². The predicted octanol–water partition coefficient (Wildman–Crippen LogP) is -1.53. The average molecular weight is 858 g/mol. The van der Waals surface area contributed by atoms with Crippen LogP contribution in [-0.2, 0) is 44.8 Å². The van der Waals surface area contributed by atoms with Gasteiger partial charge in [0.25, 0.3) is 5.91 Å². The number of nitrogens with zero attached hydrogens (tertiary/aromatic N) is 2. The molecule has 1 aromatic carbocycles. The Morgan fingerprint density at radius 2 is 1.46 bits per heavy atom. The summed E-state index contributed by atoms with van der Waals surface area (Å²) in [6.07, 6.45) is 5.76. The second-order valence-corrected chi connectivity index (χ2v) is 16.2. The molecule has 2 heterocycles. The minimum atomic E-state index is -1.67. The maximum atomic E-state index is 14.3. The van der Waals surface area contributed by atoms with E-state index in [0.717, 1.165) is 25.7 Å². The van der Waals surface area contributed by atoms with Crippen molar-refractivity contribution >= 4 is 47.3 Å². The number of carbonyl (C=O) groups excluding carboxylic acids is 8. The summed E-state index contributed by atoms with van der Waals surface area (Å²) in [7, 11) is 0. The Labute approximate surface area is 357 Å². The van der Waals surface area contributed by atoms with Gasteiger partial charge in [-0.15, -0.1) is 0 Å². The number of aliphatic hydroxyl groups excluding tert-OH is 2. The van der Waals surface area contributed by atoms with E-state index in [2.05, 4.69) is 26.6 Å². The summed E-state index contributed by atoms with van der Waals surface area (Å²) >= 11 is 0. The van der Waals surface area contributed by atoms with E-state index >= 15 is 0 Å². The fraction of sp³-hybridized carbons (Fsp3) is 0.667. The van der Waals surface area contributed by atoms with Gasteiger partial charge in [0.1, 0.15) is 36.3 Å². The Morgan fingerprint density at radius 3 is 2.05 bits per heavy atom. The molecule has 0 aliphatic carbocycles. The van der Waals surface area contributed by atoms with E-state index in [4.69, 9.17) is 11.5 Å². The standard InChI is InChI=1S/C42H67N9O10/c1-4-5-6-7-11-18-35(54)51(42(61)32(25-53)49-37(56)28-16-12-19-45-28)34(23-43)40(59)47-30(22-27-14-9-8-10-15-27)39(58)46-29(21-26(2)3)38(57)48-31(24-52)41(60)50-20-13-17-33(50)36(44)55/h8-10,14-15,26,28-34,45,52-53H,4-7,11-13,16-25,43H2,1-3H3,(H2,44,55)(H,46,58)(H,47,59)(H,48,57)(H,49,56)/t28-,29-,30-,31-,32-,33-,34-/m0/s1. The van der Waals surface area contributed by atoms with Gasteiger partial charge in [0.15, 0.2) is 0 Å². The molecule has 0 aromatic heterocycles. The summed E-state index contributed by atoms with van der Waals surface area (Å²) in [4.78, 5) is 110. The Morgan fingerprint density at radius 1 is 0.820 bits per heavy atom. The van der Waals surface area contributed by atoms with Gasteiger partial charge in [0.05, 0.1) is 19.3 Å². The monoisotopic (exact) mass is 858 g/mol. The maximum absolute atomic E-state index is 14.3. The first kappa shape index (κ1) is 50.4. The third-order valence-corrected chi connectivity index (χ3v) is 10.9. The summed E-state index contributed by atoms with van der Waals surface area (Å²) in [5.74, 6) is -6.53. The molecule has 0 bridgehead atoms. The smallest absolute Gasteiger partial charge is 0.254 e. The molecule has 11 N–H and O–H groups in total. The first-order valence-corrected chi connectivity index (χ1v) is 21.5. The van der Waals surface area contributed by atoms with Crippen LogP contribution in [0.15, 0.2) is 30.3 Å². The van der Waals surface area contributed by atoms with E-state index in [1.54, 1.807) is 44.2 Å². The topological polar surface area (TPSA) is 296 Å². The van der Waals surface area contributed by atoms with Gasteiger partial charge in [-0.3, -0.25) is 43.3 Å². The fourth-order valence-corrected chi connectivity index (χ4v) is 7.60. The van der Waals surface area contributed by atoms with E-state index in [-0.39, 0.29) is 31.7 Å². The molecular weight excluding hydrogens is 791 g/mol. The van der Waals surface area contributed by atoms with Crippen molar-refractivity contribution in [1.29, 1.82) is 0 Å². The SMILES string of the molecule is CCCCCCCC(=O)N(C(=O)[C@H](CO)NC(=O)[C@@H]1CCCN1)[C@@H](CN)C(=O)N[C@@H](Cc1ccccc1)C(=O)N[C@@H](CC(C)C)C(=O)N[C@@H](CO)C(=O)N1CCC[C@H]1C(N)=O. The molecule has 19 nitrogen and oxygen atoms in total. The minimum absolute atomic E-state index is 0.0780. The number of primary amides is 1. The molecule has 2 saturated heterocycles. The second kappa shape index (κ2) is 25.7. The highest BCUT2D eigenvalue weighted by Gasteiger charge is 2.41. The molecule has 0 saturated carbocycles. The van der Waals surface area contributed by atoms with E-state index in [1.165, 1.54) is 4.90 Å². The third kappa shape index (κ3) is 15.2. The number of aliphatic hydroxyl groups is 2. The molecule has 7 atom stereocenters. The van der Waals surface area contributed by atoms with E-state index in [1.807, 2.05) is 6.92 Å². The Kier molecular flexibility index (Phi) is 21.2. The number of amides is 8. The zero-order chi connectivity index (χ0) is 45.1. The molecule has 340 valence electrons. The van der Waals surface area contributed by atoms with Crippen LogP contribution in [0.3, 0.4) is 0 Å². The Balaban J connectivity index is 1.91. The predicted molar refractivity (Wildman–Crippen MR) is 225 cm³/mol. The second-order valence-electron chi connectivity index (χ2n) is 16.2. The zero-order valence-corrected chi connectivity index (χ0v) is 35.7. The quantitative estimate of drug-likeness (QED) is 0.0507. The van der Waals surface area contributed by atoms with Gasteiger partial charge in [-0.1, -0.05) is 76.8 Å². The van der Waals surface area contributed by atoms with Gasteiger partial charge in [0.2, 0.25) is 41.4 Å². The number of carbonyl (C=O) groups is 8. The van der Waals surface area contributed by atoms with Crippen LogP contribution in [0.1, 0.15) is 97.0 Å². The first-order chi connectivity index (χ1) is 29.2. The van der Waals surface area contributed by atoms with Gasteiger partial charge < -0.3 is 53.2 Å². The third-order valence-electron chi connectivity index (χ3n) is 10.9. The summed E-state index contributed by atoms with van der Waals surface area (Å²) in [5.41, 5.74) is 12.2. The molecule has 3 rings (SSSR count). The summed E-state index contributed by atoms with van der Waals surface area (Å²) in [5, 5.41) is 33.8. The molecule has 2 aliphatic rings. The highest BCUT2D eigenvalue weighted by Crippen LogP contribution is 2.19.